The highest BCUT2D eigenvalue weighted by molar-refractivity contribution is 5.66. The number of nitrogens with zero attached hydrogens (tertiary/aromatic N) is 2. The summed E-state index contributed by atoms with van der Waals surface area (Å²) in [6, 6.07) is 17.9. The van der Waals surface area contributed by atoms with Gasteiger partial charge in [-0.3, -0.25) is 9.36 Å². The number of fused-ring (bicyclic) bond motifs is 1. The minimum Gasteiger partial charge on any atom is -0.469 e. The number of hydrogen-bond donors (Lipinski definition) is 2. The third-order valence-corrected chi connectivity index (χ3v) is 5.23. The summed E-state index contributed by atoms with van der Waals surface area (Å²) in [5.41, 5.74) is 8.97. The van der Waals surface area contributed by atoms with Gasteiger partial charge < -0.3 is 15.1 Å². The van der Waals surface area contributed by atoms with Gasteiger partial charge in [0.1, 0.15) is 17.3 Å². The second-order valence-electron chi connectivity index (χ2n) is 7.33. The first kappa shape index (κ1) is 18.9. The summed E-state index contributed by atoms with van der Waals surface area (Å²) in [7, 11) is 0. The summed E-state index contributed by atoms with van der Waals surface area (Å²) in [5.74, 6) is 0.675. The Morgan fingerprint density at radius 1 is 1.06 bits per heavy atom. The van der Waals surface area contributed by atoms with E-state index in [0.29, 0.717) is 35.0 Å². The van der Waals surface area contributed by atoms with Crippen molar-refractivity contribution in [2.45, 2.75) is 12.8 Å². The summed E-state index contributed by atoms with van der Waals surface area (Å²) in [6.45, 7) is 0. The smallest absolute Gasteiger partial charge is 0.279 e. The van der Waals surface area contributed by atoms with Gasteiger partial charge in [0.2, 0.25) is 0 Å². The second-order valence-corrected chi connectivity index (χ2v) is 7.33. The number of hydrogen-bond acceptors (Lipinski definition) is 4. The minimum absolute atomic E-state index is 0.0161. The van der Waals surface area contributed by atoms with E-state index in [0.717, 1.165) is 11.3 Å². The Morgan fingerprint density at radius 2 is 1.90 bits per heavy atom. The van der Waals surface area contributed by atoms with Gasteiger partial charge in [-0.15, -0.1) is 0 Å². The number of aromatic amines is 1. The molecule has 0 atom stereocenters. The third-order valence-electron chi connectivity index (χ3n) is 5.23. The molecule has 0 bridgehead atoms. The summed E-state index contributed by atoms with van der Waals surface area (Å²) in [6.07, 6.45) is 4.16. The molecule has 2 aliphatic heterocycles. The Kier molecular flexibility index (Phi) is 4.63. The lowest BCUT2D eigenvalue weighted by Gasteiger charge is -2.15. The molecule has 2 aliphatic rings. The minimum atomic E-state index is -0.504. The highest BCUT2D eigenvalue weighted by atomic mass is 19.1. The first-order valence-electron chi connectivity index (χ1n) is 9.84. The van der Waals surface area contributed by atoms with Crippen molar-refractivity contribution < 1.29 is 8.81 Å². The molecule has 3 aromatic rings. The molecule has 5 rings (SSSR count). The zero-order valence-corrected chi connectivity index (χ0v) is 16.5. The van der Waals surface area contributed by atoms with Gasteiger partial charge in [-0.2, -0.15) is 0 Å². The van der Waals surface area contributed by atoms with Crippen molar-refractivity contribution in [2.24, 2.45) is 0 Å². The van der Waals surface area contributed by atoms with Gasteiger partial charge >= 0.3 is 0 Å². The van der Waals surface area contributed by atoms with Crippen molar-refractivity contribution >= 4 is 5.69 Å². The van der Waals surface area contributed by atoms with Crippen LogP contribution in [0.1, 0.15) is 22.7 Å². The molecule has 0 unspecified atom stereocenters. The molecule has 0 saturated carbocycles. The first-order valence-corrected chi connectivity index (χ1v) is 9.84. The normalized spacial score (nSPS) is 11.3. The van der Waals surface area contributed by atoms with E-state index in [1.54, 1.807) is 29.2 Å². The van der Waals surface area contributed by atoms with Crippen molar-refractivity contribution in [3.8, 4) is 17.1 Å². The van der Waals surface area contributed by atoms with Crippen molar-refractivity contribution in [1.29, 1.82) is 0 Å². The van der Waals surface area contributed by atoms with Gasteiger partial charge in [-0.25, -0.2) is 9.37 Å². The number of anilines is 1. The Hall–Kier alpha value is -4.13. The number of furan rings is 1. The van der Waals surface area contributed by atoms with Crippen molar-refractivity contribution in [3.05, 3.63) is 112 Å². The van der Waals surface area contributed by atoms with E-state index in [2.05, 4.69) is 9.97 Å². The molecular weight excluding hydrogens is 395 g/mol. The molecule has 0 aliphatic carbocycles. The van der Waals surface area contributed by atoms with Crippen LogP contribution in [0.15, 0.2) is 82.3 Å². The molecule has 0 radical (unpaired) electrons. The quantitative estimate of drug-likeness (QED) is 0.423. The topological polar surface area (TPSA) is 89.8 Å². The zero-order chi connectivity index (χ0) is 21.4. The molecule has 0 amide bonds. The summed E-state index contributed by atoms with van der Waals surface area (Å²) < 4.78 is 20.7. The summed E-state index contributed by atoms with van der Waals surface area (Å²) in [5, 5.41) is 0. The summed E-state index contributed by atoms with van der Waals surface area (Å²) in [4.78, 5) is 21.3. The van der Waals surface area contributed by atoms with Gasteiger partial charge in [-0.1, -0.05) is 30.3 Å². The lowest BCUT2D eigenvalue weighted by molar-refractivity contribution is 0.519. The van der Waals surface area contributed by atoms with Crippen LogP contribution >= 0.6 is 0 Å². The fourth-order valence-electron chi connectivity index (χ4n) is 3.70. The standard InChI is InChI=1S/C24H19FN4O2/c25-18-9-8-16(12-19(18)26)22-14-27-20(11-15-5-2-1-3-6-15)23-28-21(24(30)29(22)23)13-17-7-4-10-31-17/h1-10,12,14,27H,11,13,26H2. The highest BCUT2D eigenvalue weighted by Crippen LogP contribution is 2.27. The molecule has 0 saturated heterocycles. The highest BCUT2D eigenvalue weighted by Gasteiger charge is 2.23. The van der Waals surface area contributed by atoms with Gasteiger partial charge in [0.25, 0.3) is 5.56 Å². The number of nitrogens with one attached hydrogen (secondary N) is 1. The molecular formula is C24H19FN4O2. The molecule has 1 aromatic heterocycles. The van der Waals surface area contributed by atoms with Crippen LogP contribution in [0.4, 0.5) is 10.1 Å². The van der Waals surface area contributed by atoms with Crippen LogP contribution in [-0.2, 0) is 12.8 Å². The molecule has 3 N–H and O–H groups in total. The van der Waals surface area contributed by atoms with Crippen molar-refractivity contribution in [1.82, 2.24) is 14.5 Å². The van der Waals surface area contributed by atoms with E-state index >= 15 is 0 Å². The van der Waals surface area contributed by atoms with Crippen LogP contribution in [0.25, 0.3) is 17.1 Å². The average Bonchev–Trinajstić information content (AvgIpc) is 3.40. The monoisotopic (exact) mass is 414 g/mol. The molecule has 31 heavy (non-hydrogen) atoms. The number of nitrogen functional groups attached to an aromatic ring is 1. The van der Waals surface area contributed by atoms with Crippen molar-refractivity contribution in [3.63, 3.8) is 0 Å². The van der Waals surface area contributed by atoms with Crippen LogP contribution in [0.2, 0.25) is 0 Å². The molecule has 6 nitrogen and oxygen atoms in total. The maximum absolute atomic E-state index is 13.7. The Balaban J connectivity index is 1.68. The Morgan fingerprint density at radius 3 is 2.65 bits per heavy atom. The van der Waals surface area contributed by atoms with Gasteiger partial charge in [-0.05, 0) is 35.9 Å². The predicted octanol–water partition coefficient (Wildman–Crippen LogP) is 4.16. The van der Waals surface area contributed by atoms with Crippen molar-refractivity contribution in [2.75, 3.05) is 5.73 Å². The summed E-state index contributed by atoms with van der Waals surface area (Å²) >= 11 is 0. The number of H-pyrrole nitrogens is 1. The molecule has 2 aromatic carbocycles. The fourth-order valence-corrected chi connectivity index (χ4v) is 3.70. The average molecular weight is 414 g/mol. The predicted molar refractivity (Wildman–Crippen MR) is 116 cm³/mol. The van der Waals surface area contributed by atoms with Crippen LogP contribution < -0.4 is 11.3 Å². The maximum atomic E-state index is 13.7. The number of benzene rings is 2. The van der Waals surface area contributed by atoms with Crippen LogP contribution in [0.3, 0.4) is 0 Å². The largest absolute Gasteiger partial charge is 0.469 e. The van der Waals surface area contributed by atoms with Gasteiger partial charge in [0.05, 0.1) is 29.8 Å². The number of rotatable bonds is 5. The van der Waals surface area contributed by atoms with E-state index in [1.807, 2.05) is 36.4 Å². The Bertz CT molecular complexity index is 1370. The van der Waals surface area contributed by atoms with E-state index in [9.17, 15) is 9.18 Å². The lowest BCUT2D eigenvalue weighted by Crippen LogP contribution is -2.19. The Labute approximate surface area is 177 Å². The molecule has 0 fully saturated rings. The van der Waals surface area contributed by atoms with Gasteiger partial charge in [0, 0.05) is 18.2 Å². The second kappa shape index (κ2) is 7.60. The molecule has 154 valence electrons. The maximum Gasteiger partial charge on any atom is 0.279 e. The van der Waals surface area contributed by atoms with E-state index in [4.69, 9.17) is 10.2 Å². The first-order chi connectivity index (χ1) is 15.1. The fraction of sp³-hybridized carbons (Fsp3) is 0.0833. The van der Waals surface area contributed by atoms with E-state index in [1.165, 1.54) is 12.1 Å². The van der Waals surface area contributed by atoms with Gasteiger partial charge in [0.15, 0.2) is 5.82 Å². The number of halogens is 1. The number of imidazole rings is 1. The van der Waals surface area contributed by atoms with Crippen LogP contribution in [0.5, 0.6) is 0 Å². The molecule has 3 heterocycles. The zero-order valence-electron chi connectivity index (χ0n) is 16.5. The van der Waals surface area contributed by atoms with Crippen LogP contribution in [0, 0.1) is 5.82 Å². The SMILES string of the molecule is Nc1cc(-c2c[nH]c(Cc3ccccc3)c3nc(Cc4ccco4)c(=O)n2-3)ccc1F. The number of nitrogens with two attached hydrogens (primary N) is 1. The van der Waals surface area contributed by atoms with E-state index in [-0.39, 0.29) is 17.7 Å². The van der Waals surface area contributed by atoms with E-state index < -0.39 is 5.82 Å². The third kappa shape index (κ3) is 3.50. The molecule has 7 heteroatoms. The number of aromatic nitrogens is 3. The lowest BCUT2D eigenvalue weighted by atomic mass is 10.1. The molecule has 0 spiro atoms. The van der Waals surface area contributed by atoms with Crippen LogP contribution in [-0.4, -0.2) is 14.5 Å².